The van der Waals surface area contributed by atoms with Gasteiger partial charge in [0.1, 0.15) is 5.75 Å². The largest absolute Gasteiger partial charge is 0.507 e. The fraction of sp³-hybridized carbons (Fsp3) is 0.643. The lowest BCUT2D eigenvalue weighted by Crippen LogP contribution is -2.40. The summed E-state index contributed by atoms with van der Waals surface area (Å²) in [6, 6.07) is 2.96. The van der Waals surface area contributed by atoms with Crippen molar-refractivity contribution in [2.24, 2.45) is 0 Å². The van der Waals surface area contributed by atoms with E-state index in [1.807, 2.05) is 0 Å². The summed E-state index contributed by atoms with van der Waals surface area (Å²) < 4.78 is 0.985. The molecule has 1 aromatic carbocycles. The predicted molar refractivity (Wildman–Crippen MR) is 148 cm³/mol. The molecule has 196 valence electrons. The van der Waals surface area contributed by atoms with Gasteiger partial charge in [0.25, 0.3) is 5.91 Å². The Morgan fingerprint density at radius 2 is 1.54 bits per heavy atom. The van der Waals surface area contributed by atoms with Crippen LogP contribution in [0.3, 0.4) is 0 Å². The quantitative estimate of drug-likeness (QED) is 0.146. The number of benzene rings is 1. The lowest BCUT2D eigenvalue weighted by molar-refractivity contribution is -0.151. The Morgan fingerprint density at radius 3 is 2.14 bits per heavy atom. The van der Waals surface area contributed by atoms with Crippen LogP contribution in [-0.2, 0) is 15.2 Å². The van der Waals surface area contributed by atoms with Crippen LogP contribution in [0, 0.1) is 0 Å². The molecular formula is C28H41Br2NO4. The Kier molecular flexibility index (Phi) is 13.6. The number of carbonyl (C=O) groups excluding carboxylic acids is 2. The minimum absolute atomic E-state index is 0.0753. The van der Waals surface area contributed by atoms with Gasteiger partial charge in [-0.25, -0.2) is 0 Å². The van der Waals surface area contributed by atoms with Gasteiger partial charge in [-0.05, 0) is 81.7 Å². The summed E-state index contributed by atoms with van der Waals surface area (Å²) in [7, 11) is 0. The number of nitrogens with zero attached hydrogens (tertiary/aromatic N) is 1. The number of aromatic hydroxyl groups is 1. The number of hydrogen-bond donors (Lipinski definition) is 2. The summed E-state index contributed by atoms with van der Waals surface area (Å²) in [6.07, 6.45) is 20.6. The van der Waals surface area contributed by atoms with Crippen LogP contribution < -0.4 is 0 Å². The van der Waals surface area contributed by atoms with Crippen molar-refractivity contribution in [3.63, 3.8) is 0 Å². The van der Waals surface area contributed by atoms with Crippen molar-refractivity contribution >= 4 is 43.7 Å². The van der Waals surface area contributed by atoms with Crippen LogP contribution in [0.4, 0.5) is 0 Å². The first-order valence-electron chi connectivity index (χ1n) is 13.2. The number of halogens is 2. The number of hydrogen-bond acceptors (Lipinski definition) is 4. The van der Waals surface area contributed by atoms with Crippen molar-refractivity contribution in [1.82, 2.24) is 4.90 Å². The zero-order chi connectivity index (χ0) is 25.7. The number of phenolic OH excluding ortho intramolecular Hbond substituents is 1. The standard InChI is InChI=1S/C28H41Br2NO4/c1-2-3-4-5-6-7-8-9-10-11-12-13-14-15-16-17-25(33)31-19-18-28(35,27(31)34)22-20-23(29)26(30)24(32)21-22/h9-10,20-21,32,35H,2-8,11-19H2,1H3/b10-9-/t28-/m0/s1. The van der Waals surface area contributed by atoms with Gasteiger partial charge in [0.2, 0.25) is 5.91 Å². The molecule has 0 radical (unpaired) electrons. The van der Waals surface area contributed by atoms with E-state index in [4.69, 9.17) is 0 Å². The average molecular weight is 615 g/mol. The second-order valence-electron chi connectivity index (χ2n) is 9.59. The maximum Gasteiger partial charge on any atom is 0.265 e. The Morgan fingerprint density at radius 1 is 0.971 bits per heavy atom. The molecule has 0 spiro atoms. The summed E-state index contributed by atoms with van der Waals surface area (Å²) in [6.45, 7) is 2.44. The molecule has 0 saturated carbocycles. The number of likely N-dealkylation sites (tertiary alicyclic amines) is 1. The van der Waals surface area contributed by atoms with E-state index < -0.39 is 11.5 Å². The van der Waals surface area contributed by atoms with Gasteiger partial charge < -0.3 is 10.2 Å². The zero-order valence-electron chi connectivity index (χ0n) is 21.0. The van der Waals surface area contributed by atoms with Gasteiger partial charge in [0.15, 0.2) is 5.60 Å². The molecule has 1 aromatic rings. The summed E-state index contributed by atoms with van der Waals surface area (Å²) in [4.78, 5) is 26.7. The van der Waals surface area contributed by atoms with Crippen LogP contribution in [-0.4, -0.2) is 33.5 Å². The summed E-state index contributed by atoms with van der Waals surface area (Å²) in [5.74, 6) is -0.915. The molecule has 2 amide bonds. The third-order valence-electron chi connectivity index (χ3n) is 6.74. The highest BCUT2D eigenvalue weighted by molar-refractivity contribution is 9.13. The number of amides is 2. The Hall–Kier alpha value is -1.18. The number of rotatable bonds is 16. The fourth-order valence-corrected chi connectivity index (χ4v) is 5.19. The predicted octanol–water partition coefficient (Wildman–Crippen LogP) is 7.90. The Bertz CT molecular complexity index is 834. The number of carbonyl (C=O) groups is 2. The second kappa shape index (κ2) is 15.8. The highest BCUT2D eigenvalue weighted by Gasteiger charge is 2.48. The van der Waals surface area contributed by atoms with Gasteiger partial charge in [-0.1, -0.05) is 70.4 Å². The fourth-order valence-electron chi connectivity index (χ4n) is 4.51. The Balaban J connectivity index is 1.59. The molecule has 0 unspecified atom stereocenters. The normalized spacial score (nSPS) is 18.2. The SMILES string of the molecule is CCCCCCCC/C=C\CCCCCCCC(=O)N1CC[C@](O)(c2cc(O)c(Br)c(Br)c2)C1=O. The first-order valence-corrected chi connectivity index (χ1v) is 14.8. The molecule has 1 aliphatic heterocycles. The van der Waals surface area contributed by atoms with Crippen molar-refractivity contribution < 1.29 is 19.8 Å². The summed E-state index contributed by atoms with van der Waals surface area (Å²) in [5.41, 5.74) is -1.51. The van der Waals surface area contributed by atoms with Crippen molar-refractivity contribution in [3.05, 3.63) is 38.8 Å². The van der Waals surface area contributed by atoms with Crippen LogP contribution in [0.15, 0.2) is 33.2 Å². The summed E-state index contributed by atoms with van der Waals surface area (Å²) in [5, 5.41) is 21.0. The first kappa shape index (κ1) is 30.0. The highest BCUT2D eigenvalue weighted by atomic mass is 79.9. The molecule has 7 heteroatoms. The molecule has 1 saturated heterocycles. The first-order chi connectivity index (χ1) is 16.8. The highest BCUT2D eigenvalue weighted by Crippen LogP contribution is 2.40. The van der Waals surface area contributed by atoms with E-state index in [2.05, 4.69) is 50.9 Å². The molecule has 0 aliphatic carbocycles. The molecule has 2 rings (SSSR count). The van der Waals surface area contributed by atoms with Crippen LogP contribution in [0.2, 0.25) is 0 Å². The van der Waals surface area contributed by atoms with Gasteiger partial charge in [0, 0.05) is 23.9 Å². The van der Waals surface area contributed by atoms with Crippen molar-refractivity contribution in [2.45, 2.75) is 109 Å². The lowest BCUT2D eigenvalue weighted by Gasteiger charge is -2.23. The molecule has 5 nitrogen and oxygen atoms in total. The number of phenols is 1. The molecule has 1 aliphatic rings. The Labute approximate surface area is 227 Å². The van der Waals surface area contributed by atoms with E-state index in [0.29, 0.717) is 15.4 Å². The van der Waals surface area contributed by atoms with E-state index >= 15 is 0 Å². The molecule has 1 heterocycles. The minimum Gasteiger partial charge on any atom is -0.507 e. The van der Waals surface area contributed by atoms with Crippen LogP contribution in [0.1, 0.15) is 109 Å². The van der Waals surface area contributed by atoms with Crippen LogP contribution in [0.5, 0.6) is 5.75 Å². The molecule has 1 atom stereocenters. The van der Waals surface area contributed by atoms with E-state index in [1.54, 1.807) is 6.07 Å². The average Bonchev–Trinajstić information content (AvgIpc) is 3.15. The third kappa shape index (κ3) is 9.32. The van der Waals surface area contributed by atoms with E-state index in [0.717, 1.165) is 32.1 Å². The summed E-state index contributed by atoms with van der Waals surface area (Å²) >= 11 is 6.54. The number of unbranched alkanes of at least 4 members (excludes halogenated alkanes) is 11. The molecule has 0 aromatic heterocycles. The van der Waals surface area contributed by atoms with E-state index in [1.165, 1.54) is 62.3 Å². The maximum atomic E-state index is 12.9. The van der Waals surface area contributed by atoms with Gasteiger partial charge in [-0.15, -0.1) is 0 Å². The van der Waals surface area contributed by atoms with Crippen LogP contribution in [0.25, 0.3) is 0 Å². The van der Waals surface area contributed by atoms with Gasteiger partial charge in [0.05, 0.1) is 4.47 Å². The second-order valence-corrected chi connectivity index (χ2v) is 11.2. The molecule has 1 fully saturated rings. The van der Waals surface area contributed by atoms with Gasteiger partial charge >= 0.3 is 0 Å². The zero-order valence-corrected chi connectivity index (χ0v) is 24.2. The number of allylic oxidation sites excluding steroid dienone is 2. The van der Waals surface area contributed by atoms with Crippen molar-refractivity contribution in [2.75, 3.05) is 6.54 Å². The number of aliphatic hydroxyl groups is 1. The topological polar surface area (TPSA) is 77.8 Å². The molecular weight excluding hydrogens is 574 g/mol. The van der Waals surface area contributed by atoms with Gasteiger partial charge in [-0.2, -0.15) is 0 Å². The van der Waals surface area contributed by atoms with Crippen molar-refractivity contribution in [1.29, 1.82) is 0 Å². The molecule has 35 heavy (non-hydrogen) atoms. The van der Waals surface area contributed by atoms with E-state index in [-0.39, 0.29) is 30.2 Å². The number of imide groups is 1. The van der Waals surface area contributed by atoms with E-state index in [9.17, 15) is 19.8 Å². The van der Waals surface area contributed by atoms with Crippen molar-refractivity contribution in [3.8, 4) is 5.75 Å². The van der Waals surface area contributed by atoms with Gasteiger partial charge in [-0.3, -0.25) is 14.5 Å². The lowest BCUT2D eigenvalue weighted by atomic mass is 9.92. The smallest absolute Gasteiger partial charge is 0.265 e. The molecule has 2 N–H and O–H groups in total. The monoisotopic (exact) mass is 613 g/mol. The molecule has 0 bridgehead atoms. The maximum absolute atomic E-state index is 12.9. The van der Waals surface area contributed by atoms with Crippen LogP contribution >= 0.6 is 31.9 Å². The third-order valence-corrected chi connectivity index (χ3v) is 8.73. The minimum atomic E-state index is -1.79.